The lowest BCUT2D eigenvalue weighted by molar-refractivity contribution is -0.000942. The molecular formula is C25H40N4O5. The molecule has 0 aliphatic carbocycles. The third-order valence-electron chi connectivity index (χ3n) is 5.26. The van der Waals surface area contributed by atoms with Gasteiger partial charge < -0.3 is 29.6 Å². The highest BCUT2D eigenvalue weighted by Crippen LogP contribution is 2.18. The number of amides is 1. The van der Waals surface area contributed by atoms with Gasteiger partial charge in [0.15, 0.2) is 0 Å². The minimum absolute atomic E-state index is 0.113. The van der Waals surface area contributed by atoms with Gasteiger partial charge in [-0.05, 0) is 43.7 Å². The van der Waals surface area contributed by atoms with Crippen molar-refractivity contribution in [1.29, 1.82) is 0 Å². The minimum Gasteiger partial charge on any atom is -0.378 e. The normalized spacial score (nSPS) is 12.1. The average molecular weight is 477 g/mol. The summed E-state index contributed by atoms with van der Waals surface area (Å²) < 4.78 is 23.7. The molecular weight excluding hydrogens is 436 g/mol. The highest BCUT2D eigenvalue weighted by Gasteiger charge is 2.11. The first-order chi connectivity index (χ1) is 16.7. The summed E-state index contributed by atoms with van der Waals surface area (Å²) in [6.07, 6.45) is 4.92. The monoisotopic (exact) mass is 476 g/mol. The Morgan fingerprint density at radius 3 is 2.00 bits per heavy atom. The first-order valence-electron chi connectivity index (χ1n) is 12.0. The summed E-state index contributed by atoms with van der Waals surface area (Å²) >= 11 is 0. The van der Waals surface area contributed by atoms with Gasteiger partial charge in [0.25, 0.3) is 5.91 Å². The Morgan fingerprint density at radius 1 is 0.912 bits per heavy atom. The Morgan fingerprint density at radius 2 is 1.47 bits per heavy atom. The second kappa shape index (κ2) is 17.2. The zero-order valence-electron chi connectivity index (χ0n) is 20.8. The van der Waals surface area contributed by atoms with E-state index in [0.29, 0.717) is 65.0 Å². The third kappa shape index (κ3) is 10.8. The highest BCUT2D eigenvalue weighted by atomic mass is 16.6. The van der Waals surface area contributed by atoms with E-state index in [1.165, 1.54) is 5.56 Å². The molecule has 9 heteroatoms. The average Bonchev–Trinajstić information content (AvgIpc) is 3.35. The number of carbonyl (C=O) groups is 1. The summed E-state index contributed by atoms with van der Waals surface area (Å²) in [7, 11) is 1.89. The molecule has 1 aromatic carbocycles. The molecule has 34 heavy (non-hydrogen) atoms. The lowest BCUT2D eigenvalue weighted by Crippen LogP contribution is -2.27. The number of benzene rings is 1. The van der Waals surface area contributed by atoms with E-state index in [0.717, 1.165) is 18.5 Å². The molecule has 0 fully saturated rings. The Hall–Kier alpha value is -2.30. The van der Waals surface area contributed by atoms with Gasteiger partial charge in [0.1, 0.15) is 0 Å². The lowest BCUT2D eigenvalue weighted by Gasteiger charge is -2.13. The van der Waals surface area contributed by atoms with Crippen molar-refractivity contribution in [3.63, 3.8) is 0 Å². The molecule has 0 saturated carbocycles. The van der Waals surface area contributed by atoms with E-state index in [9.17, 15) is 4.79 Å². The summed E-state index contributed by atoms with van der Waals surface area (Å²) in [5.74, 6) is -0.113. The van der Waals surface area contributed by atoms with Crippen LogP contribution in [0.15, 0.2) is 36.7 Å². The van der Waals surface area contributed by atoms with Crippen molar-refractivity contribution >= 4 is 5.91 Å². The lowest BCUT2D eigenvalue weighted by atomic mass is 10.1. The SMILES string of the molecule is CCc1cnn(C(C)c2ccc(C(=O)NCCOCCOCCOCCOCCNC)cc2)c1. The van der Waals surface area contributed by atoms with Gasteiger partial charge in [-0.1, -0.05) is 19.1 Å². The fraction of sp³-hybridized carbons (Fsp3) is 0.600. The number of carbonyl (C=O) groups excluding carboxylic acids is 1. The molecule has 0 aliphatic heterocycles. The first-order valence-corrected chi connectivity index (χ1v) is 12.0. The van der Waals surface area contributed by atoms with Crippen LogP contribution < -0.4 is 10.6 Å². The van der Waals surface area contributed by atoms with E-state index in [4.69, 9.17) is 18.9 Å². The fourth-order valence-electron chi connectivity index (χ4n) is 3.11. The quantitative estimate of drug-likeness (QED) is 0.300. The number of aromatic nitrogens is 2. The Labute approximate surface area is 203 Å². The molecule has 1 heterocycles. The maximum atomic E-state index is 12.3. The van der Waals surface area contributed by atoms with E-state index >= 15 is 0 Å². The number of aryl methyl sites for hydroxylation is 1. The van der Waals surface area contributed by atoms with Crippen LogP contribution in [0.3, 0.4) is 0 Å². The molecule has 0 radical (unpaired) electrons. The predicted molar refractivity (Wildman–Crippen MR) is 131 cm³/mol. The van der Waals surface area contributed by atoms with Crippen LogP contribution in [-0.4, -0.2) is 88.7 Å². The number of likely N-dealkylation sites (N-methyl/N-ethyl adjacent to an activating group) is 1. The standard InChI is InChI=1S/C25H40N4O5/c1-4-22-19-28-29(20-22)21(2)23-5-7-24(8-6-23)25(30)27-10-12-32-14-16-34-18-17-33-15-13-31-11-9-26-3/h5-8,19-21,26H,4,9-18H2,1-3H3,(H,27,30). The van der Waals surface area contributed by atoms with Gasteiger partial charge in [-0.3, -0.25) is 9.48 Å². The molecule has 190 valence electrons. The van der Waals surface area contributed by atoms with Crippen molar-refractivity contribution in [3.8, 4) is 0 Å². The van der Waals surface area contributed by atoms with Crippen molar-refractivity contribution in [2.24, 2.45) is 0 Å². The van der Waals surface area contributed by atoms with Crippen LogP contribution in [0.2, 0.25) is 0 Å². The number of nitrogens with zero attached hydrogens (tertiary/aromatic N) is 2. The smallest absolute Gasteiger partial charge is 0.251 e. The molecule has 1 atom stereocenters. The van der Waals surface area contributed by atoms with Gasteiger partial charge in [-0.2, -0.15) is 5.10 Å². The van der Waals surface area contributed by atoms with E-state index in [1.54, 1.807) is 0 Å². The first kappa shape index (κ1) is 27.9. The van der Waals surface area contributed by atoms with Crippen molar-refractivity contribution in [1.82, 2.24) is 20.4 Å². The maximum absolute atomic E-state index is 12.3. The van der Waals surface area contributed by atoms with Crippen LogP contribution in [0.4, 0.5) is 0 Å². The van der Waals surface area contributed by atoms with Crippen LogP contribution in [0.25, 0.3) is 0 Å². The third-order valence-corrected chi connectivity index (χ3v) is 5.26. The second-order valence-electron chi connectivity index (χ2n) is 7.79. The number of nitrogens with one attached hydrogen (secondary N) is 2. The molecule has 2 N–H and O–H groups in total. The summed E-state index contributed by atoms with van der Waals surface area (Å²) in [5.41, 5.74) is 2.94. The van der Waals surface area contributed by atoms with E-state index in [1.807, 2.05) is 42.2 Å². The van der Waals surface area contributed by atoms with Crippen molar-refractivity contribution in [2.45, 2.75) is 26.3 Å². The van der Waals surface area contributed by atoms with Crippen LogP contribution in [0, 0.1) is 0 Å². The van der Waals surface area contributed by atoms with E-state index in [2.05, 4.69) is 35.8 Å². The zero-order valence-corrected chi connectivity index (χ0v) is 20.8. The van der Waals surface area contributed by atoms with Crippen LogP contribution >= 0.6 is 0 Å². The predicted octanol–water partition coefficient (Wildman–Crippen LogP) is 2.07. The molecule has 0 saturated heterocycles. The molecule has 9 nitrogen and oxygen atoms in total. The van der Waals surface area contributed by atoms with Crippen molar-refractivity contribution < 1.29 is 23.7 Å². The molecule has 1 aromatic heterocycles. The maximum Gasteiger partial charge on any atom is 0.251 e. The second-order valence-corrected chi connectivity index (χ2v) is 7.79. The molecule has 0 aliphatic rings. The molecule has 0 bridgehead atoms. The van der Waals surface area contributed by atoms with Gasteiger partial charge in [0.2, 0.25) is 0 Å². The minimum atomic E-state index is -0.113. The number of hydrogen-bond donors (Lipinski definition) is 2. The Kier molecular flexibility index (Phi) is 14.1. The van der Waals surface area contributed by atoms with Crippen molar-refractivity contribution in [2.75, 3.05) is 73.0 Å². The van der Waals surface area contributed by atoms with Gasteiger partial charge in [0.05, 0.1) is 65.1 Å². The Balaban J connectivity index is 1.49. The van der Waals surface area contributed by atoms with E-state index in [-0.39, 0.29) is 11.9 Å². The van der Waals surface area contributed by atoms with E-state index < -0.39 is 0 Å². The molecule has 1 amide bonds. The Bertz CT molecular complexity index is 797. The molecule has 2 aromatic rings. The van der Waals surface area contributed by atoms with Crippen LogP contribution in [0.1, 0.15) is 41.4 Å². The van der Waals surface area contributed by atoms with Crippen molar-refractivity contribution in [3.05, 3.63) is 53.3 Å². The van der Waals surface area contributed by atoms with Crippen LogP contribution in [-0.2, 0) is 25.4 Å². The molecule has 0 spiro atoms. The largest absolute Gasteiger partial charge is 0.378 e. The number of rotatable bonds is 19. The summed E-state index contributed by atoms with van der Waals surface area (Å²) in [4.78, 5) is 12.3. The van der Waals surface area contributed by atoms with Gasteiger partial charge in [-0.15, -0.1) is 0 Å². The topological polar surface area (TPSA) is 95.9 Å². The number of hydrogen-bond acceptors (Lipinski definition) is 7. The van der Waals surface area contributed by atoms with Gasteiger partial charge in [-0.25, -0.2) is 0 Å². The zero-order chi connectivity index (χ0) is 24.4. The highest BCUT2D eigenvalue weighted by molar-refractivity contribution is 5.94. The molecule has 2 rings (SSSR count). The molecule has 1 unspecified atom stereocenters. The van der Waals surface area contributed by atoms with Crippen LogP contribution in [0.5, 0.6) is 0 Å². The summed E-state index contributed by atoms with van der Waals surface area (Å²) in [6.45, 7) is 9.79. The van der Waals surface area contributed by atoms with Gasteiger partial charge in [0, 0.05) is 24.8 Å². The fourth-order valence-corrected chi connectivity index (χ4v) is 3.11. The summed E-state index contributed by atoms with van der Waals surface area (Å²) in [5, 5.41) is 10.3. The summed E-state index contributed by atoms with van der Waals surface area (Å²) in [6, 6.07) is 7.75. The number of ether oxygens (including phenoxy) is 4. The van der Waals surface area contributed by atoms with Gasteiger partial charge >= 0.3 is 0 Å².